The predicted molar refractivity (Wildman–Crippen MR) is 137 cm³/mol. The van der Waals surface area contributed by atoms with Crippen molar-refractivity contribution in [3.63, 3.8) is 0 Å². The number of furan rings is 1. The lowest BCUT2D eigenvalue weighted by molar-refractivity contribution is -0.193. The third-order valence-electron chi connectivity index (χ3n) is 6.26. The Hall–Kier alpha value is -3.91. The number of carbonyl (C=O) groups is 3. The Morgan fingerprint density at radius 2 is 1.48 bits per heavy atom. The maximum absolute atomic E-state index is 10.6. The van der Waals surface area contributed by atoms with Crippen molar-refractivity contribution < 1.29 is 78.4 Å². The molecule has 0 aliphatic carbocycles. The van der Waals surface area contributed by atoms with Crippen LogP contribution in [0, 0.1) is 11.8 Å². The summed E-state index contributed by atoms with van der Waals surface area (Å²) >= 11 is 0. The van der Waals surface area contributed by atoms with Crippen molar-refractivity contribution in [3.8, 4) is 0 Å². The fourth-order valence-corrected chi connectivity index (χ4v) is 4.31. The molecule has 260 valence electrons. The molecule has 0 unspecified atom stereocenters. The summed E-state index contributed by atoms with van der Waals surface area (Å²) in [6.45, 7) is 6.11. The van der Waals surface area contributed by atoms with Crippen LogP contribution in [0.4, 0.5) is 39.5 Å². The number of nitrogens with zero attached hydrogens (tertiary/aromatic N) is 3. The van der Waals surface area contributed by atoms with E-state index >= 15 is 0 Å². The van der Waals surface area contributed by atoms with Gasteiger partial charge in [-0.15, -0.1) is 0 Å². The minimum Gasteiger partial charge on any atom is -0.475 e. The van der Waals surface area contributed by atoms with E-state index in [0.29, 0.717) is 17.9 Å². The van der Waals surface area contributed by atoms with E-state index in [4.69, 9.17) is 38.9 Å². The van der Waals surface area contributed by atoms with Gasteiger partial charge in [-0.25, -0.2) is 14.4 Å². The minimum atomic E-state index is -5.08. The van der Waals surface area contributed by atoms with E-state index in [1.54, 1.807) is 6.26 Å². The van der Waals surface area contributed by atoms with Crippen LogP contribution in [0.2, 0.25) is 0 Å². The van der Waals surface area contributed by atoms with E-state index < -0.39 is 36.4 Å². The molecule has 0 saturated carbocycles. The lowest BCUT2D eigenvalue weighted by Crippen LogP contribution is -2.43. The molecule has 2 saturated heterocycles. The molecule has 11 nitrogen and oxygen atoms in total. The Morgan fingerprint density at radius 3 is 1.91 bits per heavy atom. The first-order valence-electron chi connectivity index (χ1n) is 12.9. The van der Waals surface area contributed by atoms with Crippen LogP contribution in [0.3, 0.4) is 0 Å². The Labute approximate surface area is 255 Å². The number of rotatable bonds is 6. The summed E-state index contributed by atoms with van der Waals surface area (Å²) in [4.78, 5) is 35.8. The zero-order chi connectivity index (χ0) is 35.3. The zero-order valence-corrected chi connectivity index (χ0v) is 23.8. The molecule has 2 aliphatic heterocycles. The number of hydrogen-bond donors (Lipinski definition) is 3. The minimum absolute atomic E-state index is 0.364. The van der Waals surface area contributed by atoms with Crippen LogP contribution in [-0.4, -0.2) is 106 Å². The predicted octanol–water partition coefficient (Wildman–Crippen LogP) is 4.54. The second-order valence-electron chi connectivity index (χ2n) is 9.92. The topological polar surface area (TPSA) is 154 Å². The standard InChI is InChI=1S/C20H27N3O2.3C2HF3O2/c1-22(10-16-3-2-6-21-9-16)13-20-19-4-7-23(12-18(19)15-25-20)11-17-5-8-24-14-17;3*3-2(4,5)1(6)7/h2-3,5-6,8-9,14,18-20H,4,7,10-13,15H2,1H3;3*(H,6,7)/t18-,19-,20+;;;/m1.../s1. The monoisotopic (exact) mass is 683 g/mol. The van der Waals surface area contributed by atoms with Crippen LogP contribution in [0.1, 0.15) is 17.5 Å². The van der Waals surface area contributed by atoms with E-state index in [1.165, 1.54) is 17.5 Å². The number of alkyl halides is 9. The van der Waals surface area contributed by atoms with Crippen molar-refractivity contribution in [1.29, 1.82) is 0 Å². The van der Waals surface area contributed by atoms with E-state index in [1.807, 2.05) is 24.7 Å². The number of pyridine rings is 1. The molecule has 2 aromatic heterocycles. The average Bonchev–Trinajstić information content (AvgIpc) is 3.58. The molecular formula is C26H30F9N3O8. The van der Waals surface area contributed by atoms with Crippen LogP contribution in [0.5, 0.6) is 0 Å². The van der Waals surface area contributed by atoms with Gasteiger partial charge >= 0.3 is 36.4 Å². The summed E-state index contributed by atoms with van der Waals surface area (Å²) in [7, 11) is 2.18. The van der Waals surface area contributed by atoms with Gasteiger partial charge in [-0.1, -0.05) is 6.07 Å². The van der Waals surface area contributed by atoms with Gasteiger partial charge in [-0.2, -0.15) is 39.5 Å². The largest absolute Gasteiger partial charge is 0.490 e. The molecule has 0 aromatic carbocycles. The number of halogens is 9. The molecule has 4 rings (SSSR count). The van der Waals surface area contributed by atoms with Gasteiger partial charge in [0.15, 0.2) is 0 Å². The first kappa shape index (κ1) is 40.1. The Balaban J connectivity index is 0.000000413. The number of likely N-dealkylation sites (N-methyl/N-ethyl adjacent to an activating group) is 1. The first-order valence-corrected chi connectivity index (χ1v) is 12.9. The quantitative estimate of drug-likeness (QED) is 0.368. The highest BCUT2D eigenvalue weighted by Gasteiger charge is 2.41. The molecule has 2 aromatic rings. The summed E-state index contributed by atoms with van der Waals surface area (Å²) in [5.74, 6) is -6.91. The molecular weight excluding hydrogens is 653 g/mol. The van der Waals surface area contributed by atoms with Gasteiger partial charge in [-0.05, 0) is 43.6 Å². The number of carboxylic acid groups (broad SMARTS) is 3. The highest BCUT2D eigenvalue weighted by Crippen LogP contribution is 2.35. The number of aliphatic carboxylic acids is 3. The lowest BCUT2D eigenvalue weighted by Gasteiger charge is -2.36. The summed E-state index contributed by atoms with van der Waals surface area (Å²) in [6, 6.07) is 6.20. The van der Waals surface area contributed by atoms with E-state index in [0.717, 1.165) is 39.3 Å². The Bertz CT molecular complexity index is 1150. The number of ether oxygens (including phenoxy) is 1. The van der Waals surface area contributed by atoms with Gasteiger partial charge in [0.2, 0.25) is 0 Å². The van der Waals surface area contributed by atoms with Crippen molar-refractivity contribution >= 4 is 17.9 Å². The Kier molecular flexibility index (Phi) is 15.4. The molecule has 3 N–H and O–H groups in total. The zero-order valence-electron chi connectivity index (χ0n) is 23.8. The third-order valence-corrected chi connectivity index (χ3v) is 6.26. The fraction of sp³-hybridized carbons (Fsp3) is 0.538. The van der Waals surface area contributed by atoms with Crippen molar-refractivity contribution in [3.05, 3.63) is 54.2 Å². The molecule has 0 amide bonds. The molecule has 4 heterocycles. The number of hydrogen-bond acceptors (Lipinski definition) is 8. The number of carboxylic acids is 3. The van der Waals surface area contributed by atoms with Crippen molar-refractivity contribution in [2.24, 2.45) is 11.8 Å². The molecule has 3 atom stereocenters. The van der Waals surface area contributed by atoms with Crippen LogP contribution < -0.4 is 0 Å². The van der Waals surface area contributed by atoms with Crippen LogP contribution in [0.15, 0.2) is 47.5 Å². The number of aromatic nitrogens is 1. The first-order chi connectivity index (χ1) is 21.1. The third kappa shape index (κ3) is 15.4. The second kappa shape index (κ2) is 17.7. The average molecular weight is 684 g/mol. The number of piperidine rings is 1. The highest BCUT2D eigenvalue weighted by atomic mass is 19.4. The maximum Gasteiger partial charge on any atom is 0.490 e. The van der Waals surface area contributed by atoms with Crippen LogP contribution >= 0.6 is 0 Å². The van der Waals surface area contributed by atoms with E-state index in [9.17, 15) is 39.5 Å². The van der Waals surface area contributed by atoms with Gasteiger partial charge in [0.05, 0.1) is 25.2 Å². The van der Waals surface area contributed by atoms with Crippen molar-refractivity contribution in [2.45, 2.75) is 44.1 Å². The van der Waals surface area contributed by atoms with Gasteiger partial charge in [0, 0.05) is 50.1 Å². The van der Waals surface area contributed by atoms with Crippen LogP contribution in [0.25, 0.3) is 0 Å². The van der Waals surface area contributed by atoms with Crippen molar-refractivity contribution in [1.82, 2.24) is 14.8 Å². The summed E-state index contributed by atoms with van der Waals surface area (Å²) < 4.78 is 107. The summed E-state index contributed by atoms with van der Waals surface area (Å²) in [5, 5.41) is 21.4. The molecule has 2 aliphatic rings. The lowest BCUT2D eigenvalue weighted by atomic mass is 9.84. The van der Waals surface area contributed by atoms with Gasteiger partial charge < -0.3 is 24.5 Å². The molecule has 0 bridgehead atoms. The fourth-order valence-electron chi connectivity index (χ4n) is 4.31. The highest BCUT2D eigenvalue weighted by molar-refractivity contribution is 5.73. The summed E-state index contributed by atoms with van der Waals surface area (Å²) in [6.07, 6.45) is -6.27. The van der Waals surface area contributed by atoms with E-state index in [-0.39, 0.29) is 0 Å². The molecule has 0 radical (unpaired) electrons. The molecule has 46 heavy (non-hydrogen) atoms. The van der Waals surface area contributed by atoms with Crippen LogP contribution in [-0.2, 0) is 32.2 Å². The molecule has 2 fully saturated rings. The smallest absolute Gasteiger partial charge is 0.475 e. The van der Waals surface area contributed by atoms with Crippen molar-refractivity contribution in [2.75, 3.05) is 33.3 Å². The number of likely N-dealkylation sites (tertiary alicyclic amines) is 1. The Morgan fingerprint density at radius 1 is 0.935 bits per heavy atom. The molecule has 0 spiro atoms. The van der Waals surface area contributed by atoms with E-state index in [2.05, 4.69) is 34.0 Å². The van der Waals surface area contributed by atoms with Gasteiger partial charge in [0.25, 0.3) is 0 Å². The second-order valence-corrected chi connectivity index (χ2v) is 9.92. The summed E-state index contributed by atoms with van der Waals surface area (Å²) in [5.41, 5.74) is 2.53. The van der Waals surface area contributed by atoms with Gasteiger partial charge in [-0.3, -0.25) is 14.8 Å². The van der Waals surface area contributed by atoms with Gasteiger partial charge in [0.1, 0.15) is 0 Å². The number of fused-ring (bicyclic) bond motifs is 1. The maximum atomic E-state index is 10.6. The molecule has 20 heteroatoms. The SMILES string of the molecule is CN(Cc1cccnc1)C[C@@H]1OC[C@H]2CN(Cc3ccoc3)CC[C@H]21.O=C(O)C(F)(F)F.O=C(O)C(F)(F)F.O=C(O)C(F)(F)F. The normalized spacial score (nSPS) is 19.8.